The van der Waals surface area contributed by atoms with Gasteiger partial charge in [-0.1, -0.05) is 13.8 Å². The Morgan fingerprint density at radius 2 is 2.27 bits per heavy atom. The Bertz CT molecular complexity index is 288. The van der Waals surface area contributed by atoms with Gasteiger partial charge in [-0.15, -0.1) is 0 Å². The molecule has 0 saturated carbocycles. The average Bonchev–Trinajstić information content (AvgIpc) is 2.65. The van der Waals surface area contributed by atoms with E-state index in [-0.39, 0.29) is 0 Å². The molecule has 0 aliphatic heterocycles. The molecule has 2 unspecified atom stereocenters. The van der Waals surface area contributed by atoms with Crippen LogP contribution in [0, 0.1) is 0 Å². The van der Waals surface area contributed by atoms with E-state index in [0.29, 0.717) is 6.04 Å². The summed E-state index contributed by atoms with van der Waals surface area (Å²) >= 11 is 7.38. The van der Waals surface area contributed by atoms with Gasteiger partial charge >= 0.3 is 0 Å². The summed E-state index contributed by atoms with van der Waals surface area (Å²) in [5.41, 5.74) is 1.39. The van der Waals surface area contributed by atoms with Crippen LogP contribution < -0.4 is 5.32 Å². The maximum absolute atomic E-state index is 3.59. The zero-order chi connectivity index (χ0) is 11.3. The van der Waals surface area contributed by atoms with Crippen molar-refractivity contribution in [1.29, 1.82) is 0 Å². The summed E-state index contributed by atoms with van der Waals surface area (Å²) in [6, 6.07) is 0.463. The van der Waals surface area contributed by atoms with Gasteiger partial charge in [0, 0.05) is 26.9 Å². The summed E-state index contributed by atoms with van der Waals surface area (Å²) in [6.45, 7) is 4.53. The van der Waals surface area contributed by atoms with Crippen LogP contribution in [0.15, 0.2) is 15.2 Å². The maximum Gasteiger partial charge on any atom is 0.0429 e. The van der Waals surface area contributed by atoms with Crippen LogP contribution in [-0.2, 0) is 0 Å². The molecule has 1 rings (SSSR count). The largest absolute Gasteiger partial charge is 0.312 e. The maximum atomic E-state index is 3.59. The molecule has 1 heterocycles. The van der Waals surface area contributed by atoms with Crippen molar-refractivity contribution >= 4 is 39.0 Å². The van der Waals surface area contributed by atoms with E-state index in [1.165, 1.54) is 16.5 Å². The summed E-state index contributed by atoms with van der Waals surface area (Å²) in [6.07, 6.45) is 1.24. The highest BCUT2D eigenvalue weighted by molar-refractivity contribution is 9.10. The third kappa shape index (κ3) is 4.10. The lowest BCUT2D eigenvalue weighted by Gasteiger charge is -2.17. The first-order chi connectivity index (χ1) is 7.19. The van der Waals surface area contributed by atoms with E-state index in [1.807, 2.05) is 18.8 Å². The van der Waals surface area contributed by atoms with Crippen LogP contribution in [0.3, 0.4) is 0 Å². The molecule has 0 spiro atoms. The smallest absolute Gasteiger partial charge is 0.0429 e. The third-order valence-corrected chi connectivity index (χ3v) is 5.67. The highest BCUT2D eigenvalue weighted by Crippen LogP contribution is 2.30. The first-order valence-corrected chi connectivity index (χ1v) is 7.97. The van der Waals surface area contributed by atoms with Gasteiger partial charge in [0.2, 0.25) is 0 Å². The van der Waals surface area contributed by atoms with Crippen molar-refractivity contribution in [2.45, 2.75) is 31.6 Å². The Balaban J connectivity index is 2.53. The van der Waals surface area contributed by atoms with Crippen molar-refractivity contribution < 1.29 is 0 Å². The molecule has 0 aliphatic carbocycles. The summed E-state index contributed by atoms with van der Waals surface area (Å²) in [7, 11) is 2.03. The molecule has 0 aliphatic rings. The average molecular weight is 308 g/mol. The molecule has 0 fully saturated rings. The first-order valence-electron chi connectivity index (χ1n) is 5.19. The molecule has 0 saturated heterocycles. The minimum atomic E-state index is 0.463. The quantitative estimate of drug-likeness (QED) is 0.841. The Morgan fingerprint density at radius 3 is 2.73 bits per heavy atom. The van der Waals surface area contributed by atoms with E-state index in [0.717, 1.165) is 11.0 Å². The van der Waals surface area contributed by atoms with Crippen LogP contribution in [-0.4, -0.2) is 18.1 Å². The lowest BCUT2D eigenvalue weighted by molar-refractivity contribution is 0.660. The molecule has 1 aromatic rings. The van der Waals surface area contributed by atoms with Gasteiger partial charge in [-0.05, 0) is 40.3 Å². The highest BCUT2D eigenvalue weighted by Gasteiger charge is 2.14. The standard InChI is InChI=1S/C11H18BrNS2/c1-4-8(2)15-7-11(13-3)9-5-14-6-10(9)12/h5-6,8,11,13H,4,7H2,1-3H3. The topological polar surface area (TPSA) is 12.0 Å². The van der Waals surface area contributed by atoms with Crippen LogP contribution in [0.2, 0.25) is 0 Å². The van der Waals surface area contributed by atoms with Crippen LogP contribution in [0.4, 0.5) is 0 Å². The lowest BCUT2D eigenvalue weighted by atomic mass is 10.2. The minimum Gasteiger partial charge on any atom is -0.312 e. The number of rotatable bonds is 6. The Morgan fingerprint density at radius 1 is 1.53 bits per heavy atom. The Kier molecular flexibility index (Phi) is 6.27. The van der Waals surface area contributed by atoms with E-state index < -0.39 is 0 Å². The molecule has 4 heteroatoms. The van der Waals surface area contributed by atoms with Crippen LogP contribution in [0.5, 0.6) is 0 Å². The highest BCUT2D eigenvalue weighted by atomic mass is 79.9. The van der Waals surface area contributed by atoms with E-state index in [1.54, 1.807) is 11.3 Å². The molecule has 2 atom stereocenters. The van der Waals surface area contributed by atoms with Gasteiger partial charge in [-0.25, -0.2) is 0 Å². The summed E-state index contributed by atoms with van der Waals surface area (Å²) in [5, 5.41) is 8.50. The molecule has 86 valence electrons. The zero-order valence-corrected chi connectivity index (χ0v) is 12.6. The molecule has 0 amide bonds. The van der Waals surface area contributed by atoms with Gasteiger partial charge in [0.1, 0.15) is 0 Å². The fourth-order valence-corrected chi connectivity index (χ4v) is 3.98. The van der Waals surface area contributed by atoms with Gasteiger partial charge in [0.25, 0.3) is 0 Å². The molecule has 0 aromatic carbocycles. The predicted octanol–water partition coefficient (Wildman–Crippen LogP) is 4.30. The summed E-state index contributed by atoms with van der Waals surface area (Å²) < 4.78 is 1.23. The molecule has 15 heavy (non-hydrogen) atoms. The second-order valence-corrected chi connectivity index (χ2v) is 6.64. The number of hydrogen-bond acceptors (Lipinski definition) is 3. The van der Waals surface area contributed by atoms with Crippen LogP contribution >= 0.6 is 39.0 Å². The van der Waals surface area contributed by atoms with Crippen LogP contribution in [0.1, 0.15) is 31.9 Å². The second kappa shape index (κ2) is 6.94. The first kappa shape index (κ1) is 13.6. The van der Waals surface area contributed by atoms with E-state index in [4.69, 9.17) is 0 Å². The van der Waals surface area contributed by atoms with E-state index >= 15 is 0 Å². The summed E-state index contributed by atoms with van der Waals surface area (Å²) in [5.74, 6) is 1.14. The molecule has 1 nitrogen and oxygen atoms in total. The predicted molar refractivity (Wildman–Crippen MR) is 76.0 cm³/mol. The van der Waals surface area contributed by atoms with Gasteiger partial charge in [-0.2, -0.15) is 23.1 Å². The second-order valence-electron chi connectivity index (χ2n) is 3.57. The molecule has 1 aromatic heterocycles. The molecular formula is C11H18BrNS2. The van der Waals surface area contributed by atoms with Crippen molar-refractivity contribution in [3.63, 3.8) is 0 Å². The fraction of sp³-hybridized carbons (Fsp3) is 0.636. The number of thioether (sulfide) groups is 1. The zero-order valence-electron chi connectivity index (χ0n) is 9.42. The van der Waals surface area contributed by atoms with Crippen molar-refractivity contribution in [1.82, 2.24) is 5.32 Å². The van der Waals surface area contributed by atoms with Gasteiger partial charge in [0.05, 0.1) is 0 Å². The SMILES string of the molecule is CCC(C)SCC(NC)c1cscc1Br. The van der Waals surface area contributed by atoms with Crippen molar-refractivity contribution in [3.05, 3.63) is 20.8 Å². The van der Waals surface area contributed by atoms with E-state index in [2.05, 4.69) is 45.9 Å². The third-order valence-electron chi connectivity index (χ3n) is 2.49. The number of thiophene rings is 1. The molecular weight excluding hydrogens is 290 g/mol. The molecule has 0 radical (unpaired) electrons. The fourth-order valence-electron chi connectivity index (χ4n) is 1.25. The minimum absolute atomic E-state index is 0.463. The summed E-state index contributed by atoms with van der Waals surface area (Å²) in [4.78, 5) is 0. The molecule has 0 bridgehead atoms. The molecule has 1 N–H and O–H groups in total. The van der Waals surface area contributed by atoms with Crippen molar-refractivity contribution in [2.75, 3.05) is 12.8 Å². The monoisotopic (exact) mass is 307 g/mol. The Hall–Kier alpha value is 0.490. The van der Waals surface area contributed by atoms with E-state index in [9.17, 15) is 0 Å². The number of nitrogens with one attached hydrogen (secondary N) is 1. The lowest BCUT2D eigenvalue weighted by Crippen LogP contribution is -2.19. The van der Waals surface area contributed by atoms with Gasteiger partial charge < -0.3 is 5.32 Å². The van der Waals surface area contributed by atoms with Crippen LogP contribution in [0.25, 0.3) is 0 Å². The van der Waals surface area contributed by atoms with Gasteiger partial charge in [-0.3, -0.25) is 0 Å². The number of halogens is 1. The van der Waals surface area contributed by atoms with Crippen molar-refractivity contribution in [2.24, 2.45) is 0 Å². The Labute approximate surface area is 109 Å². The normalized spacial score (nSPS) is 15.2. The number of hydrogen-bond donors (Lipinski definition) is 1. The van der Waals surface area contributed by atoms with Gasteiger partial charge in [0.15, 0.2) is 0 Å². The van der Waals surface area contributed by atoms with Crippen molar-refractivity contribution in [3.8, 4) is 0 Å².